The Morgan fingerprint density at radius 3 is 2.57 bits per heavy atom. The number of aryl methyl sites for hydroxylation is 1. The van der Waals surface area contributed by atoms with Gasteiger partial charge >= 0.3 is 6.09 Å². The minimum absolute atomic E-state index is 0.0646. The molecular formula is C23H29BN2O4. The molecule has 0 saturated carbocycles. The molecule has 158 valence electrons. The summed E-state index contributed by atoms with van der Waals surface area (Å²) in [6.07, 6.45) is 1.47. The van der Waals surface area contributed by atoms with Gasteiger partial charge < -0.3 is 20.5 Å². The third-order valence-electron chi connectivity index (χ3n) is 5.43. The lowest BCUT2D eigenvalue weighted by atomic mass is 9.92. The first-order valence-corrected chi connectivity index (χ1v) is 10.5. The first-order chi connectivity index (χ1) is 14.4. The van der Waals surface area contributed by atoms with Crippen LogP contribution in [0.2, 0.25) is 0 Å². The summed E-state index contributed by atoms with van der Waals surface area (Å²) in [6, 6.07) is 11.9. The molecule has 7 heteroatoms. The Kier molecular flexibility index (Phi) is 7.16. The Morgan fingerprint density at radius 1 is 1.17 bits per heavy atom. The highest BCUT2D eigenvalue weighted by atomic mass is 16.5. The van der Waals surface area contributed by atoms with E-state index in [2.05, 4.69) is 35.8 Å². The number of aliphatic hydroxyl groups excluding tert-OH is 1. The Bertz CT molecular complexity index is 931. The number of benzene rings is 2. The molecule has 3 rings (SSSR count). The van der Waals surface area contributed by atoms with Crippen LogP contribution in [0.4, 0.5) is 4.79 Å². The number of nitrogens with one attached hydrogen (secondary N) is 2. The molecule has 0 spiro atoms. The zero-order valence-corrected chi connectivity index (χ0v) is 17.8. The molecule has 2 unspecified atom stereocenters. The molecule has 0 radical (unpaired) electrons. The molecular weight excluding hydrogens is 379 g/mol. The number of ether oxygens (including phenoxy) is 1. The fourth-order valence-corrected chi connectivity index (χ4v) is 3.98. The topological polar surface area (TPSA) is 87.7 Å². The lowest BCUT2D eigenvalue weighted by Crippen LogP contribution is -2.36. The number of rotatable bonds is 8. The van der Waals surface area contributed by atoms with Crippen molar-refractivity contribution in [2.75, 3.05) is 19.8 Å². The van der Waals surface area contributed by atoms with E-state index in [1.165, 1.54) is 0 Å². The third-order valence-corrected chi connectivity index (χ3v) is 5.43. The van der Waals surface area contributed by atoms with Gasteiger partial charge in [0.25, 0.3) is 5.91 Å². The maximum absolute atomic E-state index is 12.4. The fraction of sp³-hybridized carbons (Fsp3) is 0.391. The van der Waals surface area contributed by atoms with E-state index in [4.69, 9.17) is 9.84 Å². The van der Waals surface area contributed by atoms with E-state index in [-0.39, 0.29) is 37.5 Å². The highest BCUT2D eigenvalue weighted by Crippen LogP contribution is 2.45. The Balaban J connectivity index is 1.84. The van der Waals surface area contributed by atoms with Crippen LogP contribution in [0.25, 0.3) is 11.1 Å². The summed E-state index contributed by atoms with van der Waals surface area (Å²) >= 11 is 0. The largest absolute Gasteiger partial charge is 0.449 e. The van der Waals surface area contributed by atoms with Crippen LogP contribution in [0.5, 0.6) is 0 Å². The summed E-state index contributed by atoms with van der Waals surface area (Å²) in [5.41, 5.74) is 5.89. The molecule has 30 heavy (non-hydrogen) atoms. The van der Waals surface area contributed by atoms with Gasteiger partial charge in [0.15, 0.2) is 0 Å². The number of carbonyl (C=O) groups is 2. The predicted molar refractivity (Wildman–Crippen MR) is 120 cm³/mol. The molecule has 0 aromatic heterocycles. The molecule has 3 N–H and O–H groups in total. The molecule has 2 aromatic carbocycles. The fourth-order valence-electron chi connectivity index (χ4n) is 3.98. The van der Waals surface area contributed by atoms with Crippen LogP contribution < -0.4 is 10.6 Å². The van der Waals surface area contributed by atoms with Gasteiger partial charge in [-0.05, 0) is 53.7 Å². The van der Waals surface area contributed by atoms with Gasteiger partial charge in [0.2, 0.25) is 0 Å². The minimum Gasteiger partial charge on any atom is -0.449 e. The van der Waals surface area contributed by atoms with E-state index in [9.17, 15) is 9.59 Å². The molecule has 1 aliphatic carbocycles. The van der Waals surface area contributed by atoms with E-state index in [0.717, 1.165) is 40.7 Å². The van der Waals surface area contributed by atoms with Crippen molar-refractivity contribution in [2.45, 2.75) is 38.5 Å². The van der Waals surface area contributed by atoms with Crippen molar-refractivity contribution in [3.05, 3.63) is 58.7 Å². The number of hydrogen-bond donors (Lipinski definition) is 3. The lowest BCUT2D eigenvalue weighted by Gasteiger charge is -2.17. The first kappa shape index (κ1) is 21.9. The van der Waals surface area contributed by atoms with E-state index in [1.54, 1.807) is 6.07 Å². The summed E-state index contributed by atoms with van der Waals surface area (Å²) in [4.78, 5) is 24.6. The molecule has 0 aliphatic heterocycles. The molecule has 0 heterocycles. The van der Waals surface area contributed by atoms with Crippen molar-refractivity contribution in [3.63, 3.8) is 0 Å². The zero-order chi connectivity index (χ0) is 21.7. The molecule has 6 nitrogen and oxygen atoms in total. The number of aliphatic hydroxyl groups is 1. The highest BCUT2D eigenvalue weighted by molar-refractivity contribution is 6.12. The smallest absolute Gasteiger partial charge is 0.406 e. The normalized spacial score (nSPS) is 15.1. The summed E-state index contributed by atoms with van der Waals surface area (Å²) in [5.74, 6) is -0.299. The number of alkyl carbamates (subject to hydrolysis) is 1. The molecule has 1 aliphatic rings. The maximum atomic E-state index is 12.4. The number of amides is 2. The predicted octanol–water partition coefficient (Wildman–Crippen LogP) is 2.31. The van der Waals surface area contributed by atoms with Crippen molar-refractivity contribution in [1.29, 1.82) is 0 Å². The Labute approximate surface area is 178 Å². The van der Waals surface area contributed by atoms with Crippen molar-refractivity contribution < 1.29 is 19.4 Å². The zero-order valence-electron chi connectivity index (χ0n) is 17.8. The Hall–Kier alpha value is -2.80. The van der Waals surface area contributed by atoms with Crippen LogP contribution >= 0.6 is 0 Å². The van der Waals surface area contributed by atoms with E-state index < -0.39 is 6.09 Å². The van der Waals surface area contributed by atoms with Crippen LogP contribution in [0.1, 0.15) is 52.7 Å². The molecule has 0 saturated heterocycles. The summed E-state index contributed by atoms with van der Waals surface area (Å²) < 4.78 is 5.58. The SMILES string of the molecule is BC(CCC)NC(=O)OCC1c2cc(C)ccc2-c2ccc(C(=O)NCCO)cc21. The first-order valence-electron chi connectivity index (χ1n) is 10.5. The highest BCUT2D eigenvalue weighted by Gasteiger charge is 2.30. The second-order valence-electron chi connectivity index (χ2n) is 7.86. The van der Waals surface area contributed by atoms with Gasteiger partial charge in [-0.15, -0.1) is 0 Å². The van der Waals surface area contributed by atoms with Gasteiger partial charge in [-0.1, -0.05) is 43.2 Å². The monoisotopic (exact) mass is 408 g/mol. The number of fused-ring (bicyclic) bond motifs is 3. The van der Waals surface area contributed by atoms with Crippen LogP contribution in [0, 0.1) is 6.92 Å². The summed E-state index contributed by atoms with van der Waals surface area (Å²) in [6.45, 7) is 4.41. The second-order valence-corrected chi connectivity index (χ2v) is 7.86. The van der Waals surface area contributed by atoms with E-state index >= 15 is 0 Å². The standard InChI is InChI=1S/C23H29BN2O4/c1-3-4-21(24)26-23(29)30-13-20-18-11-14(2)5-7-16(18)17-8-6-15(12-19(17)20)22(28)25-9-10-27/h5-8,11-12,20-21,27H,3-4,9-10,13,24H2,1-2H3,(H,25,28)(H,26,29). The number of hydrogen-bond acceptors (Lipinski definition) is 4. The Morgan fingerprint density at radius 2 is 1.87 bits per heavy atom. The minimum atomic E-state index is -0.421. The average molecular weight is 408 g/mol. The van der Waals surface area contributed by atoms with Gasteiger partial charge in [-0.3, -0.25) is 4.79 Å². The van der Waals surface area contributed by atoms with Gasteiger partial charge in [-0.2, -0.15) is 0 Å². The van der Waals surface area contributed by atoms with Crippen LogP contribution in [0.15, 0.2) is 36.4 Å². The van der Waals surface area contributed by atoms with E-state index in [1.807, 2.05) is 26.9 Å². The van der Waals surface area contributed by atoms with Gasteiger partial charge in [-0.25, -0.2) is 4.79 Å². The molecule has 0 bridgehead atoms. The second kappa shape index (κ2) is 9.81. The van der Waals surface area contributed by atoms with E-state index in [0.29, 0.717) is 5.56 Å². The molecule has 2 atom stereocenters. The third kappa shape index (κ3) is 4.85. The maximum Gasteiger partial charge on any atom is 0.406 e. The summed E-state index contributed by atoms with van der Waals surface area (Å²) in [7, 11) is 1.96. The molecule has 2 aromatic rings. The van der Waals surface area contributed by atoms with Crippen molar-refractivity contribution >= 4 is 19.8 Å². The quantitative estimate of drug-likeness (QED) is 0.585. The van der Waals surface area contributed by atoms with Crippen LogP contribution in [-0.4, -0.2) is 50.7 Å². The average Bonchev–Trinajstić information content (AvgIpc) is 3.02. The van der Waals surface area contributed by atoms with Crippen molar-refractivity contribution in [1.82, 2.24) is 10.6 Å². The summed E-state index contributed by atoms with van der Waals surface area (Å²) in [5, 5.41) is 14.5. The van der Waals surface area contributed by atoms with Gasteiger partial charge in [0.05, 0.1) is 6.61 Å². The van der Waals surface area contributed by atoms with Crippen molar-refractivity contribution in [2.24, 2.45) is 0 Å². The van der Waals surface area contributed by atoms with Gasteiger partial charge in [0.1, 0.15) is 14.5 Å². The van der Waals surface area contributed by atoms with Crippen LogP contribution in [-0.2, 0) is 4.74 Å². The van der Waals surface area contributed by atoms with Crippen LogP contribution in [0.3, 0.4) is 0 Å². The molecule has 2 amide bonds. The van der Waals surface area contributed by atoms with Crippen molar-refractivity contribution in [3.8, 4) is 11.1 Å². The lowest BCUT2D eigenvalue weighted by molar-refractivity contribution is 0.0944. The number of carbonyl (C=O) groups excluding carboxylic acids is 2. The van der Waals surface area contributed by atoms with Gasteiger partial charge in [0, 0.05) is 18.0 Å². The molecule has 0 fully saturated rings.